The van der Waals surface area contributed by atoms with Crippen molar-refractivity contribution in [3.63, 3.8) is 0 Å². The number of amides is 2. The Morgan fingerprint density at radius 2 is 1.43 bits per heavy atom. The van der Waals surface area contributed by atoms with Gasteiger partial charge in [-0.3, -0.25) is 0 Å². The van der Waals surface area contributed by atoms with Gasteiger partial charge in [-0.15, -0.1) is 0 Å². The lowest BCUT2D eigenvalue weighted by Crippen LogP contribution is -2.39. The number of ether oxygens (including phenoxy) is 2. The zero-order valence-electron chi connectivity index (χ0n) is 17.6. The molecule has 5 heteroatoms. The molecule has 3 rings (SSSR count). The van der Waals surface area contributed by atoms with Gasteiger partial charge in [-0.1, -0.05) is 66.7 Å². The second-order valence-electron chi connectivity index (χ2n) is 7.11. The Bertz CT molecular complexity index is 945. The topological polar surface area (TPSA) is 59.6 Å². The zero-order valence-corrected chi connectivity index (χ0v) is 17.6. The van der Waals surface area contributed by atoms with Crippen LogP contribution in [0.25, 0.3) is 0 Å². The number of rotatable bonds is 8. The molecule has 0 aromatic heterocycles. The first-order valence-electron chi connectivity index (χ1n) is 9.98. The van der Waals surface area contributed by atoms with Crippen molar-refractivity contribution in [1.82, 2.24) is 10.6 Å². The molecule has 0 spiro atoms. The Hall–Kier alpha value is -3.47. The summed E-state index contributed by atoms with van der Waals surface area (Å²) in [6.45, 7) is 1.94. The van der Waals surface area contributed by atoms with Crippen LogP contribution < -0.4 is 20.1 Å². The SMILES string of the molecule is COc1ccc(C(C)NC(=O)NC(Cc2ccccc2)c2ccccc2)cc1OC. The summed E-state index contributed by atoms with van der Waals surface area (Å²) in [4.78, 5) is 12.8. The number of nitrogens with one attached hydrogen (secondary N) is 2. The highest BCUT2D eigenvalue weighted by atomic mass is 16.5. The van der Waals surface area contributed by atoms with E-state index >= 15 is 0 Å². The minimum absolute atomic E-state index is 0.133. The Balaban J connectivity index is 1.71. The second kappa shape index (κ2) is 10.3. The third-order valence-electron chi connectivity index (χ3n) is 5.05. The molecule has 0 saturated carbocycles. The van der Waals surface area contributed by atoms with Crippen molar-refractivity contribution in [3.05, 3.63) is 95.6 Å². The molecule has 2 atom stereocenters. The normalized spacial score (nSPS) is 12.5. The van der Waals surface area contributed by atoms with Gasteiger partial charge < -0.3 is 20.1 Å². The van der Waals surface area contributed by atoms with E-state index in [1.54, 1.807) is 14.2 Å². The molecule has 30 heavy (non-hydrogen) atoms. The van der Waals surface area contributed by atoms with Gasteiger partial charge in [0.25, 0.3) is 0 Å². The lowest BCUT2D eigenvalue weighted by atomic mass is 9.99. The highest BCUT2D eigenvalue weighted by Crippen LogP contribution is 2.30. The lowest BCUT2D eigenvalue weighted by molar-refractivity contribution is 0.234. The molecule has 3 aromatic rings. The maximum Gasteiger partial charge on any atom is 0.315 e. The van der Waals surface area contributed by atoms with E-state index in [2.05, 4.69) is 22.8 Å². The van der Waals surface area contributed by atoms with Gasteiger partial charge in [0.15, 0.2) is 11.5 Å². The standard InChI is InChI=1S/C25H28N2O3/c1-18(21-14-15-23(29-2)24(17-21)30-3)26-25(28)27-22(20-12-8-5-9-13-20)16-19-10-6-4-7-11-19/h4-15,17-18,22H,16H2,1-3H3,(H2,26,27,28). The molecule has 2 unspecified atom stereocenters. The molecule has 156 valence electrons. The smallest absolute Gasteiger partial charge is 0.315 e. The van der Waals surface area contributed by atoms with E-state index in [0.29, 0.717) is 17.9 Å². The molecule has 0 heterocycles. The predicted molar refractivity (Wildman–Crippen MR) is 119 cm³/mol. The van der Waals surface area contributed by atoms with Crippen LogP contribution in [0.5, 0.6) is 11.5 Å². The number of carbonyl (C=O) groups excluding carboxylic acids is 1. The van der Waals surface area contributed by atoms with Gasteiger partial charge in [-0.2, -0.15) is 0 Å². The molecule has 3 aromatic carbocycles. The Labute approximate surface area is 178 Å². The van der Waals surface area contributed by atoms with E-state index < -0.39 is 0 Å². The molecule has 2 N–H and O–H groups in total. The second-order valence-corrected chi connectivity index (χ2v) is 7.11. The number of methoxy groups -OCH3 is 2. The molecule has 0 radical (unpaired) electrons. The molecule has 0 saturated heterocycles. The fraction of sp³-hybridized carbons (Fsp3) is 0.240. The fourth-order valence-electron chi connectivity index (χ4n) is 3.39. The summed E-state index contributed by atoms with van der Waals surface area (Å²) in [6.07, 6.45) is 0.711. The summed E-state index contributed by atoms with van der Waals surface area (Å²) >= 11 is 0. The van der Waals surface area contributed by atoms with Crippen molar-refractivity contribution >= 4 is 6.03 Å². The van der Waals surface area contributed by atoms with Crippen LogP contribution in [0.15, 0.2) is 78.9 Å². The van der Waals surface area contributed by atoms with E-state index in [9.17, 15) is 4.79 Å². The van der Waals surface area contributed by atoms with Crippen LogP contribution in [0.3, 0.4) is 0 Å². The van der Waals surface area contributed by atoms with Crippen LogP contribution in [-0.4, -0.2) is 20.3 Å². The summed E-state index contributed by atoms with van der Waals surface area (Å²) in [5.74, 6) is 1.29. The quantitative estimate of drug-likeness (QED) is 0.552. The van der Waals surface area contributed by atoms with Crippen LogP contribution in [0.4, 0.5) is 4.79 Å². The first kappa shape index (κ1) is 21.2. The van der Waals surface area contributed by atoms with Crippen molar-refractivity contribution in [2.75, 3.05) is 14.2 Å². The highest BCUT2D eigenvalue weighted by molar-refractivity contribution is 5.75. The van der Waals surface area contributed by atoms with Crippen molar-refractivity contribution in [2.45, 2.75) is 25.4 Å². The van der Waals surface area contributed by atoms with Crippen molar-refractivity contribution in [2.24, 2.45) is 0 Å². The first-order valence-corrected chi connectivity index (χ1v) is 9.98. The molecular weight excluding hydrogens is 376 g/mol. The zero-order chi connectivity index (χ0) is 21.3. The largest absolute Gasteiger partial charge is 0.493 e. The van der Waals surface area contributed by atoms with Gasteiger partial charge in [0.1, 0.15) is 0 Å². The molecule has 0 fully saturated rings. The molecule has 5 nitrogen and oxygen atoms in total. The molecular formula is C25H28N2O3. The highest BCUT2D eigenvalue weighted by Gasteiger charge is 2.18. The molecule has 0 bridgehead atoms. The Morgan fingerprint density at radius 1 is 0.800 bits per heavy atom. The molecule has 0 aliphatic carbocycles. The van der Waals surface area contributed by atoms with E-state index in [1.807, 2.05) is 73.7 Å². The average molecular weight is 405 g/mol. The maximum atomic E-state index is 12.8. The van der Waals surface area contributed by atoms with Crippen LogP contribution in [0.1, 0.15) is 35.7 Å². The molecule has 0 aliphatic heterocycles. The summed E-state index contributed by atoms with van der Waals surface area (Å²) in [5.41, 5.74) is 3.16. The van der Waals surface area contributed by atoms with E-state index in [4.69, 9.17) is 9.47 Å². The number of hydrogen-bond acceptors (Lipinski definition) is 3. The van der Waals surface area contributed by atoms with Crippen molar-refractivity contribution in [3.8, 4) is 11.5 Å². The van der Waals surface area contributed by atoms with Gasteiger partial charge in [-0.05, 0) is 42.2 Å². The Kier molecular flexibility index (Phi) is 7.33. The Morgan fingerprint density at radius 3 is 2.07 bits per heavy atom. The third kappa shape index (κ3) is 5.54. The number of benzene rings is 3. The van der Waals surface area contributed by atoms with Gasteiger partial charge in [0.05, 0.1) is 26.3 Å². The average Bonchev–Trinajstić information content (AvgIpc) is 2.79. The van der Waals surface area contributed by atoms with E-state index in [1.165, 1.54) is 5.56 Å². The first-order chi connectivity index (χ1) is 14.6. The van der Waals surface area contributed by atoms with Crippen LogP contribution >= 0.6 is 0 Å². The summed E-state index contributed by atoms with van der Waals surface area (Å²) in [6, 6.07) is 25.3. The van der Waals surface area contributed by atoms with E-state index in [0.717, 1.165) is 11.1 Å². The fourth-order valence-corrected chi connectivity index (χ4v) is 3.39. The monoisotopic (exact) mass is 404 g/mol. The van der Waals surface area contributed by atoms with E-state index in [-0.39, 0.29) is 18.1 Å². The van der Waals surface area contributed by atoms with Crippen molar-refractivity contribution in [1.29, 1.82) is 0 Å². The number of carbonyl (C=O) groups is 1. The van der Waals surface area contributed by atoms with Gasteiger partial charge in [-0.25, -0.2) is 4.79 Å². The lowest BCUT2D eigenvalue weighted by Gasteiger charge is -2.22. The van der Waals surface area contributed by atoms with Crippen LogP contribution in [0, 0.1) is 0 Å². The summed E-state index contributed by atoms with van der Waals surface area (Å²) in [5, 5.41) is 6.15. The number of hydrogen-bond donors (Lipinski definition) is 2. The minimum atomic E-state index is -0.220. The van der Waals surface area contributed by atoms with Gasteiger partial charge >= 0.3 is 6.03 Å². The summed E-state index contributed by atoms with van der Waals surface area (Å²) < 4.78 is 10.7. The third-order valence-corrected chi connectivity index (χ3v) is 5.05. The van der Waals surface area contributed by atoms with Gasteiger partial charge in [0, 0.05) is 0 Å². The molecule has 0 aliphatic rings. The number of urea groups is 1. The van der Waals surface area contributed by atoms with Crippen LogP contribution in [0.2, 0.25) is 0 Å². The van der Waals surface area contributed by atoms with Gasteiger partial charge in [0.2, 0.25) is 0 Å². The van der Waals surface area contributed by atoms with Crippen LogP contribution in [-0.2, 0) is 6.42 Å². The maximum absolute atomic E-state index is 12.8. The minimum Gasteiger partial charge on any atom is -0.493 e. The van der Waals surface area contributed by atoms with Crippen molar-refractivity contribution < 1.29 is 14.3 Å². The predicted octanol–water partition coefficient (Wildman–Crippen LogP) is 5.05. The molecule has 2 amide bonds. The summed E-state index contributed by atoms with van der Waals surface area (Å²) in [7, 11) is 3.20.